The van der Waals surface area contributed by atoms with Gasteiger partial charge in [0.25, 0.3) is 0 Å². The van der Waals surface area contributed by atoms with Crippen molar-refractivity contribution in [3.05, 3.63) is 28.2 Å². The summed E-state index contributed by atoms with van der Waals surface area (Å²) in [6, 6.07) is 5.16. The molecule has 1 rings (SSSR count). The van der Waals surface area contributed by atoms with Crippen molar-refractivity contribution in [2.45, 2.75) is 0 Å². The van der Waals surface area contributed by atoms with Gasteiger partial charge in [0.15, 0.2) is 0 Å². The highest BCUT2D eigenvalue weighted by atomic mass is 35.5. The van der Waals surface area contributed by atoms with Crippen molar-refractivity contribution in [3.8, 4) is 5.75 Å². The molecule has 0 aromatic heterocycles. The largest absolute Gasteiger partial charge is 0.491 e. The zero-order valence-electron chi connectivity index (χ0n) is 7.72. The lowest BCUT2D eigenvalue weighted by atomic mass is 10.3. The highest BCUT2D eigenvalue weighted by Gasteiger charge is 2.01. The van der Waals surface area contributed by atoms with Crippen LogP contribution in [0, 0.1) is 0 Å². The summed E-state index contributed by atoms with van der Waals surface area (Å²) < 4.78 is 5.38. The average molecular weight is 257 g/mol. The Bertz CT molecular complexity index is 281. The van der Waals surface area contributed by atoms with Gasteiger partial charge in [-0.25, -0.2) is 0 Å². The maximum absolute atomic E-state index is 5.87. The fourth-order valence-corrected chi connectivity index (χ4v) is 1.19. The van der Waals surface area contributed by atoms with Gasteiger partial charge in [0, 0.05) is 17.6 Å². The number of rotatable bonds is 4. The van der Waals surface area contributed by atoms with E-state index in [2.05, 4.69) is 5.32 Å². The second kappa shape index (κ2) is 7.18. The standard InChI is InChI=1S/C9H11Cl2NO.ClH/c1-12-4-5-13-9-6-7(10)2-3-8(9)11;/h2-3,6,12H,4-5H2,1H3;1H. The van der Waals surface area contributed by atoms with Gasteiger partial charge in [-0.2, -0.15) is 0 Å². The van der Waals surface area contributed by atoms with Crippen LogP contribution in [0.3, 0.4) is 0 Å². The van der Waals surface area contributed by atoms with Crippen molar-refractivity contribution in [3.63, 3.8) is 0 Å². The molecule has 0 unspecified atom stereocenters. The maximum atomic E-state index is 5.87. The topological polar surface area (TPSA) is 21.3 Å². The van der Waals surface area contributed by atoms with Crippen LogP contribution in [0.1, 0.15) is 0 Å². The molecule has 1 aromatic rings. The quantitative estimate of drug-likeness (QED) is 0.836. The number of likely N-dealkylation sites (N-methyl/N-ethyl adjacent to an activating group) is 1. The van der Waals surface area contributed by atoms with Crippen LogP contribution < -0.4 is 10.1 Å². The van der Waals surface area contributed by atoms with E-state index in [4.69, 9.17) is 27.9 Å². The number of hydrogen-bond donors (Lipinski definition) is 1. The molecule has 0 bridgehead atoms. The Labute approximate surface area is 99.9 Å². The molecule has 0 aliphatic heterocycles. The number of ether oxygens (including phenoxy) is 1. The maximum Gasteiger partial charge on any atom is 0.139 e. The van der Waals surface area contributed by atoms with E-state index >= 15 is 0 Å². The lowest BCUT2D eigenvalue weighted by molar-refractivity contribution is 0.318. The van der Waals surface area contributed by atoms with Crippen LogP contribution in [0.5, 0.6) is 5.75 Å². The van der Waals surface area contributed by atoms with Gasteiger partial charge in [-0.05, 0) is 19.2 Å². The number of nitrogens with one attached hydrogen (secondary N) is 1. The summed E-state index contributed by atoms with van der Waals surface area (Å²) in [6.45, 7) is 1.36. The summed E-state index contributed by atoms with van der Waals surface area (Å²) in [4.78, 5) is 0. The third kappa shape index (κ3) is 4.38. The van der Waals surface area contributed by atoms with Gasteiger partial charge in [0.2, 0.25) is 0 Å². The summed E-state index contributed by atoms with van der Waals surface area (Å²) >= 11 is 11.6. The number of hydrogen-bond acceptors (Lipinski definition) is 2. The molecule has 14 heavy (non-hydrogen) atoms. The minimum Gasteiger partial charge on any atom is -0.491 e. The first-order valence-electron chi connectivity index (χ1n) is 3.96. The predicted molar refractivity (Wildman–Crippen MR) is 63.1 cm³/mol. The molecule has 1 aromatic carbocycles. The van der Waals surface area contributed by atoms with E-state index in [-0.39, 0.29) is 12.4 Å². The fraction of sp³-hybridized carbons (Fsp3) is 0.333. The molecule has 80 valence electrons. The van der Waals surface area contributed by atoms with Crippen LogP contribution in [0.4, 0.5) is 0 Å². The van der Waals surface area contributed by atoms with E-state index in [9.17, 15) is 0 Å². The van der Waals surface area contributed by atoms with Crippen LogP contribution in [0.25, 0.3) is 0 Å². The van der Waals surface area contributed by atoms with E-state index in [1.165, 1.54) is 0 Å². The van der Waals surface area contributed by atoms with Gasteiger partial charge in [0.1, 0.15) is 12.4 Å². The molecule has 0 atom stereocenters. The fourth-order valence-electron chi connectivity index (χ4n) is 0.851. The van der Waals surface area contributed by atoms with Crippen LogP contribution >= 0.6 is 35.6 Å². The van der Waals surface area contributed by atoms with Gasteiger partial charge in [-0.1, -0.05) is 23.2 Å². The van der Waals surface area contributed by atoms with Crippen LogP contribution in [0.2, 0.25) is 10.0 Å². The first-order valence-corrected chi connectivity index (χ1v) is 4.72. The molecular weight excluding hydrogens is 244 g/mol. The molecule has 0 saturated heterocycles. The molecular formula is C9H12Cl3NO. The van der Waals surface area contributed by atoms with Gasteiger partial charge in [-0.15, -0.1) is 12.4 Å². The molecule has 0 saturated carbocycles. The van der Waals surface area contributed by atoms with Crippen LogP contribution in [-0.4, -0.2) is 20.2 Å². The predicted octanol–water partition coefficient (Wildman–Crippen LogP) is 3.01. The van der Waals surface area contributed by atoms with E-state index in [0.717, 1.165) is 6.54 Å². The summed E-state index contributed by atoms with van der Waals surface area (Å²) in [5.41, 5.74) is 0. The van der Waals surface area contributed by atoms with E-state index in [1.54, 1.807) is 18.2 Å². The number of halogens is 3. The zero-order valence-corrected chi connectivity index (χ0v) is 10.0. The Morgan fingerprint density at radius 1 is 1.36 bits per heavy atom. The summed E-state index contributed by atoms with van der Waals surface area (Å²) in [5.74, 6) is 0.629. The number of benzene rings is 1. The van der Waals surface area contributed by atoms with Gasteiger partial charge in [0.05, 0.1) is 5.02 Å². The second-order valence-corrected chi connectivity index (χ2v) is 3.37. The Hall–Kier alpha value is -0.150. The molecule has 5 heteroatoms. The van der Waals surface area contributed by atoms with Crippen LogP contribution in [0.15, 0.2) is 18.2 Å². The summed E-state index contributed by atoms with van der Waals surface area (Å²) in [5, 5.41) is 4.18. The van der Waals surface area contributed by atoms with E-state index in [0.29, 0.717) is 22.4 Å². The monoisotopic (exact) mass is 255 g/mol. The smallest absolute Gasteiger partial charge is 0.139 e. The van der Waals surface area contributed by atoms with Crippen molar-refractivity contribution in [2.75, 3.05) is 20.2 Å². The molecule has 0 spiro atoms. The van der Waals surface area contributed by atoms with Gasteiger partial charge >= 0.3 is 0 Å². The lowest BCUT2D eigenvalue weighted by Crippen LogP contribution is -2.16. The van der Waals surface area contributed by atoms with Crippen molar-refractivity contribution in [1.29, 1.82) is 0 Å². The third-order valence-electron chi connectivity index (χ3n) is 1.50. The Balaban J connectivity index is 0.00000169. The molecule has 0 fully saturated rings. The highest BCUT2D eigenvalue weighted by molar-refractivity contribution is 6.34. The molecule has 0 heterocycles. The molecule has 0 aliphatic rings. The van der Waals surface area contributed by atoms with Gasteiger partial charge < -0.3 is 10.1 Å². The molecule has 0 amide bonds. The molecule has 0 aliphatic carbocycles. The van der Waals surface area contributed by atoms with Crippen molar-refractivity contribution < 1.29 is 4.74 Å². The third-order valence-corrected chi connectivity index (χ3v) is 2.05. The zero-order chi connectivity index (χ0) is 9.68. The first-order chi connectivity index (χ1) is 6.24. The minimum absolute atomic E-state index is 0. The molecule has 2 nitrogen and oxygen atoms in total. The lowest BCUT2D eigenvalue weighted by Gasteiger charge is -2.07. The SMILES string of the molecule is CNCCOc1cc(Cl)ccc1Cl.Cl. The first kappa shape index (κ1) is 13.8. The Morgan fingerprint density at radius 2 is 2.07 bits per heavy atom. The summed E-state index contributed by atoms with van der Waals surface area (Å²) in [6.07, 6.45) is 0. The average Bonchev–Trinajstić information content (AvgIpc) is 2.11. The minimum atomic E-state index is 0. The van der Waals surface area contributed by atoms with Crippen molar-refractivity contribution in [2.24, 2.45) is 0 Å². The second-order valence-electron chi connectivity index (χ2n) is 2.53. The van der Waals surface area contributed by atoms with Crippen LogP contribution in [-0.2, 0) is 0 Å². The molecule has 1 N–H and O–H groups in total. The van der Waals surface area contributed by atoms with Crippen molar-refractivity contribution >= 4 is 35.6 Å². The van der Waals surface area contributed by atoms with E-state index in [1.807, 2.05) is 7.05 Å². The van der Waals surface area contributed by atoms with Crippen molar-refractivity contribution in [1.82, 2.24) is 5.32 Å². The summed E-state index contributed by atoms with van der Waals surface area (Å²) in [7, 11) is 1.86. The Kier molecular flexibility index (Phi) is 7.11. The van der Waals surface area contributed by atoms with E-state index < -0.39 is 0 Å². The van der Waals surface area contributed by atoms with Gasteiger partial charge in [-0.3, -0.25) is 0 Å². The molecule has 0 radical (unpaired) electrons. The highest BCUT2D eigenvalue weighted by Crippen LogP contribution is 2.27. The normalized spacial score (nSPS) is 9.36. The Morgan fingerprint density at radius 3 is 2.71 bits per heavy atom.